The summed E-state index contributed by atoms with van der Waals surface area (Å²) < 4.78 is 10.3. The molecule has 0 saturated carbocycles. The van der Waals surface area contributed by atoms with E-state index in [9.17, 15) is 14.4 Å². The van der Waals surface area contributed by atoms with Gasteiger partial charge in [0, 0.05) is 36.3 Å². The molecule has 7 heteroatoms. The van der Waals surface area contributed by atoms with Crippen LogP contribution < -0.4 is 0 Å². The van der Waals surface area contributed by atoms with Crippen molar-refractivity contribution in [3.05, 3.63) is 82.8 Å². The van der Waals surface area contributed by atoms with Gasteiger partial charge in [-0.25, -0.2) is 0 Å². The van der Waals surface area contributed by atoms with Crippen LogP contribution in [0.15, 0.2) is 77.3 Å². The monoisotopic (exact) mass is 600 g/mol. The molecule has 1 fully saturated rings. The fourth-order valence-corrected chi connectivity index (χ4v) is 6.21. The quantitative estimate of drug-likeness (QED) is 0.162. The third kappa shape index (κ3) is 8.69. The number of hydrogen-bond donors (Lipinski definition) is 0. The van der Waals surface area contributed by atoms with Crippen LogP contribution in [0.25, 0.3) is 11.1 Å². The summed E-state index contributed by atoms with van der Waals surface area (Å²) in [5, 5.41) is 0. The third-order valence-electron chi connectivity index (χ3n) is 8.86. The fraction of sp³-hybridized carbons (Fsp3) is 0.486. The van der Waals surface area contributed by atoms with Crippen LogP contribution in [0.4, 0.5) is 0 Å². The Balaban J connectivity index is 1.06. The standard InChI is InChI=1S/C37H48N2O5/c1-28-32(34(41)36(44-3)35(43-2)33(28)40)18-13-8-6-4-5-7-9-14-23-38-24-15-25-39(27-26-38)37(42)31-21-19-30(20-22-31)29-16-11-10-12-17-29/h10-12,16-17,19-22H,4-9,13-15,18,23-27H2,1-3H3. The normalized spacial score (nSPS) is 16.4. The van der Waals surface area contributed by atoms with Gasteiger partial charge in [0.05, 0.1) is 14.2 Å². The van der Waals surface area contributed by atoms with E-state index < -0.39 is 0 Å². The number of ketones is 2. The molecule has 0 spiro atoms. The van der Waals surface area contributed by atoms with Crippen molar-refractivity contribution >= 4 is 17.5 Å². The largest absolute Gasteiger partial charge is 0.489 e. The Bertz CT molecular complexity index is 1330. The van der Waals surface area contributed by atoms with E-state index in [1.165, 1.54) is 46.3 Å². The highest BCUT2D eigenvalue weighted by molar-refractivity contribution is 6.23. The van der Waals surface area contributed by atoms with Gasteiger partial charge in [-0.1, -0.05) is 81.0 Å². The van der Waals surface area contributed by atoms with Crippen LogP contribution in [0.1, 0.15) is 81.5 Å². The van der Waals surface area contributed by atoms with E-state index in [0.29, 0.717) is 17.6 Å². The molecule has 0 atom stereocenters. The second-order valence-corrected chi connectivity index (χ2v) is 11.8. The predicted octanol–water partition coefficient (Wildman–Crippen LogP) is 6.99. The predicted molar refractivity (Wildman–Crippen MR) is 174 cm³/mol. The highest BCUT2D eigenvalue weighted by Gasteiger charge is 2.34. The molecule has 0 unspecified atom stereocenters. The first-order valence-corrected chi connectivity index (χ1v) is 16.2. The van der Waals surface area contributed by atoms with Crippen molar-refractivity contribution in [3.63, 3.8) is 0 Å². The van der Waals surface area contributed by atoms with Crippen molar-refractivity contribution in [1.29, 1.82) is 0 Å². The molecule has 0 aromatic heterocycles. The van der Waals surface area contributed by atoms with E-state index in [1.54, 1.807) is 6.92 Å². The lowest BCUT2D eigenvalue weighted by molar-refractivity contribution is -0.121. The molecule has 2 aromatic carbocycles. The first-order valence-electron chi connectivity index (χ1n) is 16.2. The Morgan fingerprint density at radius 1 is 0.682 bits per heavy atom. The van der Waals surface area contributed by atoms with Crippen LogP contribution in [-0.4, -0.2) is 74.2 Å². The number of methoxy groups -OCH3 is 2. The van der Waals surface area contributed by atoms with E-state index in [4.69, 9.17) is 9.47 Å². The van der Waals surface area contributed by atoms with Gasteiger partial charge in [0.25, 0.3) is 5.91 Å². The molecule has 7 nitrogen and oxygen atoms in total. The molecule has 1 aliphatic heterocycles. The minimum atomic E-state index is -0.255. The lowest BCUT2D eigenvalue weighted by Gasteiger charge is -2.22. The lowest BCUT2D eigenvalue weighted by atomic mass is 9.89. The number of benzene rings is 2. The summed E-state index contributed by atoms with van der Waals surface area (Å²) in [6, 6.07) is 18.2. The molecular formula is C37H48N2O5. The summed E-state index contributed by atoms with van der Waals surface area (Å²) >= 11 is 0. The maximum Gasteiger partial charge on any atom is 0.253 e. The van der Waals surface area contributed by atoms with Crippen molar-refractivity contribution in [2.45, 2.75) is 71.1 Å². The summed E-state index contributed by atoms with van der Waals surface area (Å²) in [6.07, 6.45) is 10.7. The first kappa shape index (κ1) is 33.2. The van der Waals surface area contributed by atoms with Crippen LogP contribution in [0, 0.1) is 0 Å². The lowest BCUT2D eigenvalue weighted by Crippen LogP contribution is -2.35. The van der Waals surface area contributed by atoms with Crippen molar-refractivity contribution in [2.24, 2.45) is 0 Å². The second kappa shape index (κ2) is 17.0. The van der Waals surface area contributed by atoms with Gasteiger partial charge in [0.2, 0.25) is 23.1 Å². The topological polar surface area (TPSA) is 76.2 Å². The van der Waals surface area contributed by atoms with Gasteiger partial charge in [-0.2, -0.15) is 0 Å². The summed E-state index contributed by atoms with van der Waals surface area (Å²) in [6.45, 7) is 6.38. The van der Waals surface area contributed by atoms with Crippen LogP contribution >= 0.6 is 0 Å². The van der Waals surface area contributed by atoms with Crippen molar-refractivity contribution < 1.29 is 23.9 Å². The minimum absolute atomic E-state index is 0.00712. The number of rotatable bonds is 15. The summed E-state index contributed by atoms with van der Waals surface area (Å²) in [4.78, 5) is 43.0. The van der Waals surface area contributed by atoms with E-state index in [1.807, 2.05) is 47.4 Å². The smallest absolute Gasteiger partial charge is 0.253 e. The van der Waals surface area contributed by atoms with Gasteiger partial charge < -0.3 is 19.3 Å². The Labute approximate surface area is 262 Å². The van der Waals surface area contributed by atoms with E-state index in [0.717, 1.165) is 75.1 Å². The van der Waals surface area contributed by atoms with Crippen LogP contribution in [0.3, 0.4) is 0 Å². The molecule has 4 rings (SSSR count). The van der Waals surface area contributed by atoms with Gasteiger partial charge >= 0.3 is 0 Å². The van der Waals surface area contributed by atoms with Gasteiger partial charge in [-0.05, 0) is 69.0 Å². The molecule has 0 N–H and O–H groups in total. The number of nitrogens with zero attached hydrogens (tertiary/aromatic N) is 2. The zero-order chi connectivity index (χ0) is 31.3. The fourth-order valence-electron chi connectivity index (χ4n) is 6.21. The summed E-state index contributed by atoms with van der Waals surface area (Å²) in [7, 11) is 2.78. The minimum Gasteiger partial charge on any atom is -0.489 e. The summed E-state index contributed by atoms with van der Waals surface area (Å²) in [5.41, 5.74) is 4.09. The average molecular weight is 601 g/mol. The third-order valence-corrected chi connectivity index (χ3v) is 8.86. The van der Waals surface area contributed by atoms with Crippen LogP contribution in [0.2, 0.25) is 0 Å². The number of unbranched alkanes of at least 4 members (excludes halogenated alkanes) is 7. The molecule has 0 radical (unpaired) electrons. The molecule has 1 amide bonds. The van der Waals surface area contributed by atoms with E-state index in [-0.39, 0.29) is 29.0 Å². The Morgan fingerprint density at radius 3 is 1.93 bits per heavy atom. The Morgan fingerprint density at radius 2 is 1.27 bits per heavy atom. The number of Topliss-reactive ketones (excluding diaryl/α,β-unsaturated/α-hetero) is 2. The van der Waals surface area contributed by atoms with Crippen molar-refractivity contribution in [1.82, 2.24) is 9.80 Å². The zero-order valence-corrected chi connectivity index (χ0v) is 26.7. The highest BCUT2D eigenvalue weighted by atomic mass is 16.5. The first-order chi connectivity index (χ1) is 21.4. The van der Waals surface area contributed by atoms with Crippen LogP contribution in [-0.2, 0) is 19.1 Å². The number of allylic oxidation sites excluding steroid dienone is 2. The second-order valence-electron chi connectivity index (χ2n) is 11.8. The maximum absolute atomic E-state index is 13.2. The Hall–Kier alpha value is -3.71. The van der Waals surface area contributed by atoms with Gasteiger partial charge in [0.15, 0.2) is 0 Å². The molecule has 1 heterocycles. The maximum atomic E-state index is 13.2. The summed E-state index contributed by atoms with van der Waals surface area (Å²) in [5.74, 6) is -0.315. The van der Waals surface area contributed by atoms with Crippen molar-refractivity contribution in [2.75, 3.05) is 46.9 Å². The van der Waals surface area contributed by atoms with E-state index in [2.05, 4.69) is 17.0 Å². The highest BCUT2D eigenvalue weighted by Crippen LogP contribution is 2.29. The number of ether oxygens (including phenoxy) is 2. The zero-order valence-electron chi connectivity index (χ0n) is 26.7. The number of amides is 1. The van der Waals surface area contributed by atoms with Crippen LogP contribution in [0.5, 0.6) is 0 Å². The van der Waals surface area contributed by atoms with Gasteiger partial charge in [0.1, 0.15) is 0 Å². The molecule has 1 saturated heterocycles. The molecule has 0 bridgehead atoms. The van der Waals surface area contributed by atoms with E-state index >= 15 is 0 Å². The number of carbonyl (C=O) groups is 3. The molecule has 44 heavy (non-hydrogen) atoms. The van der Waals surface area contributed by atoms with Gasteiger partial charge in [-0.15, -0.1) is 0 Å². The average Bonchev–Trinajstić information content (AvgIpc) is 3.30. The van der Waals surface area contributed by atoms with Crippen molar-refractivity contribution in [3.8, 4) is 11.1 Å². The molecule has 1 aliphatic carbocycles. The van der Waals surface area contributed by atoms with Gasteiger partial charge in [-0.3, -0.25) is 14.4 Å². The molecule has 2 aromatic rings. The number of hydrogen-bond acceptors (Lipinski definition) is 6. The molecule has 236 valence electrons. The molecular weight excluding hydrogens is 552 g/mol. The SMILES string of the molecule is COC1=C(OC)C(=O)C(CCCCCCCCCCN2CCCN(C(=O)c3ccc(-c4ccccc4)cc3)CC2)=C(C)C1=O. The molecule has 2 aliphatic rings. The number of carbonyl (C=O) groups excluding carboxylic acids is 3. The Kier molecular flexibility index (Phi) is 12.8.